The Morgan fingerprint density at radius 1 is 1.15 bits per heavy atom. The lowest BCUT2D eigenvalue weighted by atomic mass is 9.99. The number of rotatable bonds is 8. The maximum Gasteiger partial charge on any atom is 0.275 e. The number of piperidine rings is 1. The van der Waals surface area contributed by atoms with Gasteiger partial charge in [0.25, 0.3) is 5.91 Å². The van der Waals surface area contributed by atoms with E-state index >= 15 is 0 Å². The van der Waals surface area contributed by atoms with E-state index in [0.717, 1.165) is 35.4 Å². The molecule has 0 aliphatic carbocycles. The van der Waals surface area contributed by atoms with Gasteiger partial charge in [-0.3, -0.25) is 4.79 Å². The van der Waals surface area contributed by atoms with E-state index in [1.54, 1.807) is 9.69 Å². The second kappa shape index (κ2) is 11.0. The molecule has 2 aromatic carbocycles. The van der Waals surface area contributed by atoms with Crippen molar-refractivity contribution in [2.75, 3.05) is 24.2 Å². The lowest BCUT2D eigenvalue weighted by Crippen LogP contribution is -2.39. The maximum absolute atomic E-state index is 13.0. The monoisotopic (exact) mass is 517 g/mol. The molecule has 1 aliphatic heterocycles. The summed E-state index contributed by atoms with van der Waals surface area (Å²) in [7, 11) is -3.18. The van der Waals surface area contributed by atoms with Gasteiger partial charge in [0, 0.05) is 40.7 Å². The van der Waals surface area contributed by atoms with Crippen LogP contribution in [-0.2, 0) is 10.0 Å². The van der Waals surface area contributed by atoms with E-state index in [1.807, 2.05) is 55.5 Å². The summed E-state index contributed by atoms with van der Waals surface area (Å²) in [5.41, 5.74) is 2.94. The SMILES string of the molecule is CCCCS(=O)(=O)N1CCC(c2nc(C(=O)Nc3ccccc3-c3ccc(Cl)cc3)cs2)CC1. The van der Waals surface area contributed by atoms with Crippen LogP contribution < -0.4 is 5.32 Å². The van der Waals surface area contributed by atoms with E-state index in [0.29, 0.717) is 35.9 Å². The third-order valence-electron chi connectivity index (χ3n) is 6.04. The number of carbonyl (C=O) groups is 1. The van der Waals surface area contributed by atoms with Crippen molar-refractivity contribution in [3.63, 3.8) is 0 Å². The average Bonchev–Trinajstić information content (AvgIpc) is 3.34. The molecule has 0 unspecified atom stereocenters. The van der Waals surface area contributed by atoms with Crippen LogP contribution in [0, 0.1) is 0 Å². The normalized spacial score (nSPS) is 15.4. The Balaban J connectivity index is 1.41. The number of unbranched alkanes of at least 4 members (excludes halogenated alkanes) is 1. The van der Waals surface area contributed by atoms with Gasteiger partial charge < -0.3 is 5.32 Å². The predicted octanol–water partition coefficient (Wildman–Crippen LogP) is 6.03. The van der Waals surface area contributed by atoms with Gasteiger partial charge in [0.15, 0.2) is 0 Å². The third kappa shape index (κ3) is 5.86. The molecule has 1 aromatic heterocycles. The molecule has 6 nitrogen and oxygen atoms in total. The zero-order valence-corrected chi connectivity index (χ0v) is 21.4. The van der Waals surface area contributed by atoms with Crippen molar-refractivity contribution in [2.45, 2.75) is 38.5 Å². The Morgan fingerprint density at radius 3 is 2.56 bits per heavy atom. The molecule has 0 radical (unpaired) electrons. The lowest BCUT2D eigenvalue weighted by molar-refractivity contribution is 0.102. The van der Waals surface area contributed by atoms with Crippen molar-refractivity contribution < 1.29 is 13.2 Å². The average molecular weight is 518 g/mol. The topological polar surface area (TPSA) is 79.4 Å². The van der Waals surface area contributed by atoms with Crippen LogP contribution in [0.25, 0.3) is 11.1 Å². The van der Waals surface area contributed by atoms with E-state index in [-0.39, 0.29) is 17.6 Å². The van der Waals surface area contributed by atoms with Crippen molar-refractivity contribution in [3.8, 4) is 11.1 Å². The number of amides is 1. The number of anilines is 1. The highest BCUT2D eigenvalue weighted by Crippen LogP contribution is 2.32. The highest BCUT2D eigenvalue weighted by atomic mass is 35.5. The zero-order valence-electron chi connectivity index (χ0n) is 19.0. The fraction of sp³-hybridized carbons (Fsp3) is 0.360. The van der Waals surface area contributed by atoms with Gasteiger partial charge in [-0.25, -0.2) is 17.7 Å². The summed E-state index contributed by atoms with van der Waals surface area (Å²) in [6.45, 7) is 3.01. The molecule has 1 fully saturated rings. The molecule has 1 saturated heterocycles. The molecular weight excluding hydrogens is 490 g/mol. The predicted molar refractivity (Wildman–Crippen MR) is 139 cm³/mol. The molecule has 180 valence electrons. The first-order valence-corrected chi connectivity index (χ1v) is 14.3. The standard InChI is InChI=1S/C25H28ClN3O3S2/c1-2-3-16-34(31,32)29-14-12-19(13-15-29)25-28-23(17-33-25)24(30)27-22-7-5-4-6-21(22)18-8-10-20(26)11-9-18/h4-11,17,19H,2-3,12-16H2,1H3,(H,27,30). The molecule has 34 heavy (non-hydrogen) atoms. The van der Waals surface area contributed by atoms with E-state index in [4.69, 9.17) is 11.6 Å². The zero-order chi connectivity index (χ0) is 24.1. The highest BCUT2D eigenvalue weighted by Gasteiger charge is 2.29. The fourth-order valence-corrected chi connectivity index (χ4v) is 6.85. The number of benzene rings is 2. The molecule has 0 spiro atoms. The number of sulfonamides is 1. The first kappa shape index (κ1) is 24.9. The van der Waals surface area contributed by atoms with Crippen LogP contribution >= 0.6 is 22.9 Å². The number of hydrogen-bond acceptors (Lipinski definition) is 5. The number of hydrogen-bond donors (Lipinski definition) is 1. The third-order valence-corrected chi connectivity index (χ3v) is 9.25. The highest BCUT2D eigenvalue weighted by molar-refractivity contribution is 7.89. The lowest BCUT2D eigenvalue weighted by Gasteiger charge is -2.30. The molecule has 1 N–H and O–H groups in total. The number of aromatic nitrogens is 1. The summed E-state index contributed by atoms with van der Waals surface area (Å²) in [5, 5.41) is 6.31. The first-order chi connectivity index (χ1) is 16.4. The van der Waals surface area contributed by atoms with Gasteiger partial charge in [-0.2, -0.15) is 0 Å². The molecule has 0 saturated carbocycles. The van der Waals surface area contributed by atoms with Crippen molar-refractivity contribution in [2.24, 2.45) is 0 Å². The van der Waals surface area contributed by atoms with Crippen molar-refractivity contribution >= 4 is 44.6 Å². The largest absolute Gasteiger partial charge is 0.320 e. The smallest absolute Gasteiger partial charge is 0.275 e. The number of carbonyl (C=O) groups excluding carboxylic acids is 1. The summed E-state index contributed by atoms with van der Waals surface area (Å²) in [6.07, 6.45) is 3.00. The number of thiazole rings is 1. The molecule has 2 heterocycles. The van der Waals surface area contributed by atoms with Gasteiger partial charge in [0.05, 0.1) is 10.8 Å². The van der Waals surface area contributed by atoms with Gasteiger partial charge in [-0.1, -0.05) is 55.3 Å². The molecule has 0 bridgehead atoms. The summed E-state index contributed by atoms with van der Waals surface area (Å²) >= 11 is 7.48. The van der Waals surface area contributed by atoms with Gasteiger partial charge >= 0.3 is 0 Å². The van der Waals surface area contributed by atoms with Crippen LogP contribution in [0.5, 0.6) is 0 Å². The Kier molecular flexibility index (Phi) is 8.03. The van der Waals surface area contributed by atoms with Gasteiger partial charge in [0.2, 0.25) is 10.0 Å². The molecular formula is C25H28ClN3O3S2. The Bertz CT molecular complexity index is 1230. The molecule has 1 amide bonds. The quantitative estimate of drug-likeness (QED) is 0.396. The van der Waals surface area contributed by atoms with Gasteiger partial charge in [-0.05, 0) is 43.0 Å². The minimum atomic E-state index is -3.18. The molecule has 1 aliphatic rings. The van der Waals surface area contributed by atoms with Crippen LogP contribution in [-0.4, -0.2) is 42.5 Å². The van der Waals surface area contributed by atoms with Crippen LogP contribution in [0.3, 0.4) is 0 Å². The van der Waals surface area contributed by atoms with Crippen LogP contribution in [0.15, 0.2) is 53.9 Å². The summed E-state index contributed by atoms with van der Waals surface area (Å²) in [6, 6.07) is 15.1. The molecule has 4 rings (SSSR count). The number of nitrogens with zero attached hydrogens (tertiary/aromatic N) is 2. The van der Waals surface area contributed by atoms with Crippen molar-refractivity contribution in [1.29, 1.82) is 0 Å². The van der Waals surface area contributed by atoms with Crippen LogP contribution in [0.2, 0.25) is 5.02 Å². The Labute approximate surface area is 210 Å². The second-order valence-corrected chi connectivity index (χ2v) is 11.8. The molecule has 0 atom stereocenters. The van der Waals surface area contributed by atoms with E-state index in [9.17, 15) is 13.2 Å². The molecule has 9 heteroatoms. The summed E-state index contributed by atoms with van der Waals surface area (Å²) in [5.74, 6) is 0.127. The minimum Gasteiger partial charge on any atom is -0.320 e. The van der Waals surface area contributed by atoms with Gasteiger partial charge in [0.1, 0.15) is 5.69 Å². The molecule has 3 aromatic rings. The van der Waals surface area contributed by atoms with E-state index < -0.39 is 10.0 Å². The van der Waals surface area contributed by atoms with Crippen molar-refractivity contribution in [3.05, 3.63) is 69.6 Å². The minimum absolute atomic E-state index is 0.172. The number of halogens is 1. The fourth-order valence-electron chi connectivity index (χ4n) is 4.08. The van der Waals surface area contributed by atoms with Crippen LogP contribution in [0.1, 0.15) is 54.0 Å². The van der Waals surface area contributed by atoms with Crippen molar-refractivity contribution in [1.82, 2.24) is 9.29 Å². The summed E-state index contributed by atoms with van der Waals surface area (Å²) < 4.78 is 26.5. The van der Waals surface area contributed by atoms with Gasteiger partial charge in [-0.15, -0.1) is 11.3 Å². The maximum atomic E-state index is 13.0. The Hall–Kier alpha value is -2.26. The van der Waals surface area contributed by atoms with E-state index in [1.165, 1.54) is 11.3 Å². The number of para-hydroxylation sites is 1. The van der Waals surface area contributed by atoms with E-state index in [2.05, 4.69) is 10.3 Å². The Morgan fingerprint density at radius 2 is 1.85 bits per heavy atom. The second-order valence-electron chi connectivity index (χ2n) is 8.42. The van der Waals surface area contributed by atoms with Crippen LogP contribution in [0.4, 0.5) is 5.69 Å². The number of nitrogens with one attached hydrogen (secondary N) is 1. The first-order valence-electron chi connectivity index (χ1n) is 11.5. The summed E-state index contributed by atoms with van der Waals surface area (Å²) in [4.78, 5) is 17.6.